The Morgan fingerprint density at radius 1 is 1.32 bits per heavy atom. The molecule has 0 saturated carbocycles. The summed E-state index contributed by atoms with van der Waals surface area (Å²) in [6, 6.07) is 6.81. The van der Waals surface area contributed by atoms with Crippen LogP contribution in [0.2, 0.25) is 0 Å². The highest BCUT2D eigenvalue weighted by Crippen LogP contribution is 2.22. The van der Waals surface area contributed by atoms with Crippen LogP contribution in [0.3, 0.4) is 0 Å². The van der Waals surface area contributed by atoms with E-state index in [0.717, 1.165) is 31.6 Å². The molecule has 0 bridgehead atoms. The van der Waals surface area contributed by atoms with Crippen molar-refractivity contribution in [3.05, 3.63) is 34.9 Å². The van der Waals surface area contributed by atoms with Crippen molar-refractivity contribution in [2.24, 2.45) is 0 Å². The minimum atomic E-state index is -0.409. The van der Waals surface area contributed by atoms with E-state index in [2.05, 4.69) is 44.0 Å². The summed E-state index contributed by atoms with van der Waals surface area (Å²) in [4.78, 5) is 2.27. The molecule has 19 heavy (non-hydrogen) atoms. The molecule has 0 aromatic heterocycles. The minimum absolute atomic E-state index is 0.409. The average molecular weight is 263 g/mol. The zero-order chi connectivity index (χ0) is 13.8. The molecule has 0 amide bonds. The first-order valence-electron chi connectivity index (χ1n) is 7.11. The number of ether oxygens (including phenoxy) is 1. The van der Waals surface area contributed by atoms with Crippen molar-refractivity contribution in [3.63, 3.8) is 0 Å². The second kappa shape index (κ2) is 6.51. The number of aryl methyl sites for hydroxylation is 2. The molecule has 3 heteroatoms. The van der Waals surface area contributed by atoms with Crippen LogP contribution in [0.1, 0.15) is 35.6 Å². The van der Waals surface area contributed by atoms with Crippen LogP contribution < -0.4 is 0 Å². The monoisotopic (exact) mass is 263 g/mol. The number of aliphatic hydroxyl groups excluding tert-OH is 1. The Balaban J connectivity index is 1.99. The lowest BCUT2D eigenvalue weighted by atomic mass is 9.99. The van der Waals surface area contributed by atoms with Gasteiger partial charge in [0.1, 0.15) is 0 Å². The van der Waals surface area contributed by atoms with Gasteiger partial charge in [-0.15, -0.1) is 0 Å². The van der Waals surface area contributed by atoms with Gasteiger partial charge in [0.05, 0.1) is 6.10 Å². The highest BCUT2D eigenvalue weighted by molar-refractivity contribution is 5.32. The molecule has 1 fully saturated rings. The third-order valence-corrected chi connectivity index (χ3v) is 4.07. The Labute approximate surface area is 116 Å². The van der Waals surface area contributed by atoms with Gasteiger partial charge in [0.25, 0.3) is 0 Å². The highest BCUT2D eigenvalue weighted by Gasteiger charge is 2.21. The molecule has 1 aliphatic heterocycles. The van der Waals surface area contributed by atoms with Gasteiger partial charge in [-0.3, -0.25) is 0 Å². The maximum Gasteiger partial charge on any atom is 0.0919 e. The van der Waals surface area contributed by atoms with Gasteiger partial charge in [0.15, 0.2) is 0 Å². The fourth-order valence-corrected chi connectivity index (χ4v) is 2.77. The summed E-state index contributed by atoms with van der Waals surface area (Å²) in [6.45, 7) is 6.50. The molecular formula is C16H25NO2. The number of hydrogen-bond acceptors (Lipinski definition) is 3. The number of hydrogen-bond donors (Lipinski definition) is 1. The van der Waals surface area contributed by atoms with Gasteiger partial charge in [-0.05, 0) is 44.9 Å². The van der Waals surface area contributed by atoms with E-state index in [1.165, 1.54) is 11.1 Å². The Morgan fingerprint density at radius 3 is 2.68 bits per heavy atom. The second-order valence-corrected chi connectivity index (χ2v) is 5.66. The summed E-state index contributed by atoms with van der Waals surface area (Å²) in [5.41, 5.74) is 3.42. The lowest BCUT2D eigenvalue weighted by Crippen LogP contribution is -2.39. The third-order valence-electron chi connectivity index (χ3n) is 4.07. The van der Waals surface area contributed by atoms with Crippen molar-refractivity contribution in [2.75, 3.05) is 26.8 Å². The van der Waals surface area contributed by atoms with Crippen LogP contribution in [-0.4, -0.2) is 42.9 Å². The van der Waals surface area contributed by atoms with Crippen LogP contribution in [-0.2, 0) is 4.74 Å². The molecular weight excluding hydrogens is 238 g/mol. The van der Waals surface area contributed by atoms with E-state index in [4.69, 9.17) is 4.74 Å². The Kier molecular flexibility index (Phi) is 4.97. The number of nitrogens with zero attached hydrogens (tertiary/aromatic N) is 1. The standard InChI is InChI=1S/C16H25NO2/c1-12-4-5-13(2)15(10-12)16(18)11-17(3)14-6-8-19-9-7-14/h4-5,10,14,16,18H,6-9,11H2,1-3H3. The zero-order valence-corrected chi connectivity index (χ0v) is 12.2. The molecule has 106 valence electrons. The molecule has 3 nitrogen and oxygen atoms in total. The molecule has 1 aromatic carbocycles. The molecule has 1 saturated heterocycles. The van der Waals surface area contributed by atoms with E-state index in [0.29, 0.717) is 12.6 Å². The lowest BCUT2D eigenvalue weighted by Gasteiger charge is -2.32. The topological polar surface area (TPSA) is 32.7 Å². The predicted molar refractivity (Wildman–Crippen MR) is 77.3 cm³/mol. The molecule has 0 radical (unpaired) electrons. The fraction of sp³-hybridized carbons (Fsp3) is 0.625. The lowest BCUT2D eigenvalue weighted by molar-refractivity contribution is 0.0252. The van der Waals surface area contributed by atoms with Crippen molar-refractivity contribution >= 4 is 0 Å². The van der Waals surface area contributed by atoms with Gasteiger partial charge in [-0.2, -0.15) is 0 Å². The number of rotatable bonds is 4. The molecule has 1 atom stereocenters. The maximum absolute atomic E-state index is 10.5. The normalized spacial score (nSPS) is 18.8. The Bertz CT molecular complexity index is 413. The summed E-state index contributed by atoms with van der Waals surface area (Å²) in [7, 11) is 2.10. The van der Waals surface area contributed by atoms with Gasteiger partial charge in [0, 0.05) is 25.8 Å². The highest BCUT2D eigenvalue weighted by atomic mass is 16.5. The smallest absolute Gasteiger partial charge is 0.0919 e. The maximum atomic E-state index is 10.5. The van der Waals surface area contributed by atoms with Crippen LogP contribution in [0.15, 0.2) is 18.2 Å². The molecule has 1 aromatic rings. The molecule has 2 rings (SSSR count). The van der Waals surface area contributed by atoms with Crippen LogP contribution in [0.25, 0.3) is 0 Å². The zero-order valence-electron chi connectivity index (χ0n) is 12.2. The fourth-order valence-electron chi connectivity index (χ4n) is 2.77. The van der Waals surface area contributed by atoms with Gasteiger partial charge < -0.3 is 14.7 Å². The average Bonchev–Trinajstić information content (AvgIpc) is 2.42. The van der Waals surface area contributed by atoms with Crippen LogP contribution in [0.4, 0.5) is 0 Å². The molecule has 1 aliphatic rings. The van der Waals surface area contributed by atoms with Crippen molar-refractivity contribution in [1.29, 1.82) is 0 Å². The first-order chi connectivity index (χ1) is 9.08. The van der Waals surface area contributed by atoms with Crippen LogP contribution >= 0.6 is 0 Å². The predicted octanol–water partition coefficient (Wildman–Crippen LogP) is 2.45. The van der Waals surface area contributed by atoms with Gasteiger partial charge in [-0.25, -0.2) is 0 Å². The quantitative estimate of drug-likeness (QED) is 0.905. The van der Waals surface area contributed by atoms with Gasteiger partial charge in [-0.1, -0.05) is 23.8 Å². The third kappa shape index (κ3) is 3.78. The summed E-state index contributed by atoms with van der Waals surface area (Å²) < 4.78 is 5.39. The molecule has 1 heterocycles. The second-order valence-electron chi connectivity index (χ2n) is 5.66. The van der Waals surface area contributed by atoms with Crippen molar-refractivity contribution in [2.45, 2.75) is 38.8 Å². The Morgan fingerprint density at radius 2 is 2.00 bits per heavy atom. The van der Waals surface area contributed by atoms with Crippen molar-refractivity contribution < 1.29 is 9.84 Å². The van der Waals surface area contributed by atoms with E-state index < -0.39 is 6.10 Å². The minimum Gasteiger partial charge on any atom is -0.387 e. The van der Waals surface area contributed by atoms with Gasteiger partial charge >= 0.3 is 0 Å². The van der Waals surface area contributed by atoms with E-state index in [-0.39, 0.29) is 0 Å². The van der Waals surface area contributed by atoms with Crippen molar-refractivity contribution in [3.8, 4) is 0 Å². The van der Waals surface area contributed by atoms with Crippen LogP contribution in [0, 0.1) is 13.8 Å². The largest absolute Gasteiger partial charge is 0.387 e. The van der Waals surface area contributed by atoms with Crippen LogP contribution in [0.5, 0.6) is 0 Å². The van der Waals surface area contributed by atoms with E-state index in [1.54, 1.807) is 0 Å². The van der Waals surface area contributed by atoms with E-state index >= 15 is 0 Å². The molecule has 0 spiro atoms. The van der Waals surface area contributed by atoms with Crippen molar-refractivity contribution in [1.82, 2.24) is 4.90 Å². The summed E-state index contributed by atoms with van der Waals surface area (Å²) >= 11 is 0. The van der Waals surface area contributed by atoms with E-state index in [9.17, 15) is 5.11 Å². The number of benzene rings is 1. The SMILES string of the molecule is Cc1ccc(C)c(C(O)CN(C)C2CCOCC2)c1. The molecule has 1 N–H and O–H groups in total. The molecule has 0 aliphatic carbocycles. The van der Waals surface area contributed by atoms with E-state index in [1.807, 2.05) is 0 Å². The first-order valence-corrected chi connectivity index (χ1v) is 7.11. The number of aliphatic hydroxyl groups is 1. The molecule has 1 unspecified atom stereocenters. The summed E-state index contributed by atoms with van der Waals surface area (Å²) in [5.74, 6) is 0. The first kappa shape index (κ1) is 14.5. The van der Waals surface area contributed by atoms with Gasteiger partial charge in [0.2, 0.25) is 0 Å². The summed E-state index contributed by atoms with van der Waals surface area (Å²) in [5, 5.41) is 10.5. The summed E-state index contributed by atoms with van der Waals surface area (Å²) in [6.07, 6.45) is 1.72. The Hall–Kier alpha value is -0.900. The number of likely N-dealkylation sites (N-methyl/N-ethyl adjacent to an activating group) is 1.